The fraction of sp³-hybridized carbons (Fsp3) is 0.652. The zero-order valence-electron chi connectivity index (χ0n) is 17.9. The average molecular weight is 416 g/mol. The van der Waals surface area contributed by atoms with E-state index < -0.39 is 23.0 Å². The summed E-state index contributed by atoms with van der Waals surface area (Å²) in [5.74, 6) is 0.0874. The van der Waals surface area contributed by atoms with Gasteiger partial charge < -0.3 is 15.9 Å². The number of piperidine rings is 1. The second kappa shape index (κ2) is 7.54. The highest BCUT2D eigenvalue weighted by Gasteiger charge is 2.62. The molecule has 2 aliphatic carbocycles. The molecular weight excluding hydrogens is 382 g/mol. The van der Waals surface area contributed by atoms with Crippen LogP contribution in [0.2, 0.25) is 0 Å². The summed E-state index contributed by atoms with van der Waals surface area (Å²) >= 11 is 0. The number of fused-ring (bicyclic) bond motifs is 1. The van der Waals surface area contributed by atoms with Gasteiger partial charge in [-0.25, -0.2) is 4.79 Å². The number of hydrogen-bond acceptors (Lipinski definition) is 5. The molecule has 0 radical (unpaired) electrons. The molecule has 164 valence electrons. The smallest absolute Gasteiger partial charge is 0.318 e. The summed E-state index contributed by atoms with van der Waals surface area (Å²) in [7, 11) is 0. The van der Waals surface area contributed by atoms with Crippen molar-refractivity contribution in [2.45, 2.75) is 69.4 Å². The van der Waals surface area contributed by atoms with Crippen molar-refractivity contribution >= 4 is 11.9 Å². The summed E-state index contributed by atoms with van der Waals surface area (Å²) in [6, 6.07) is 4.36. The van der Waals surface area contributed by atoms with E-state index in [2.05, 4.69) is 17.1 Å². The van der Waals surface area contributed by atoms with Gasteiger partial charge in [-0.2, -0.15) is 0 Å². The van der Waals surface area contributed by atoms with Gasteiger partial charge in [0, 0.05) is 23.9 Å². The number of aryl methyl sites for hydroxylation is 1. The molecule has 7 heteroatoms. The molecule has 1 heterocycles. The topological polar surface area (TPSA) is 116 Å². The van der Waals surface area contributed by atoms with E-state index >= 15 is 0 Å². The Balaban J connectivity index is 1.75. The third-order valence-corrected chi connectivity index (χ3v) is 7.91. The largest absolute Gasteiger partial charge is 0.508 e. The van der Waals surface area contributed by atoms with E-state index in [1.165, 1.54) is 12.8 Å². The number of carbonyl (C=O) groups is 2. The molecule has 2 saturated carbocycles. The molecule has 5 N–H and O–H groups in total. The minimum absolute atomic E-state index is 0.0613. The Kier molecular flexibility index (Phi) is 5.31. The monoisotopic (exact) mass is 415 g/mol. The van der Waals surface area contributed by atoms with E-state index in [0.717, 1.165) is 30.1 Å². The standard InChI is InChI=1S/C23H33N3O4/c1-14-3-6-18(27)11-19(14)22-9-10-26(13-16-4-5-16)15(2)23(22,30)8-7-17(12-22)20(28)25-21(24)29/h3,6,11,15-17,27,30H,4-5,7-10,12-13H2,1-2H3,(H3,24,25,28,29). The average Bonchev–Trinajstić information content (AvgIpc) is 3.50. The summed E-state index contributed by atoms with van der Waals surface area (Å²) in [4.78, 5) is 26.3. The number of likely N-dealkylation sites (tertiary alicyclic amines) is 1. The number of nitrogens with two attached hydrogens (primary N) is 1. The molecule has 3 aliphatic rings. The highest BCUT2D eigenvalue weighted by Crippen LogP contribution is 2.56. The fourth-order valence-corrected chi connectivity index (χ4v) is 6.02. The summed E-state index contributed by atoms with van der Waals surface area (Å²) in [6.07, 6.45) is 4.60. The molecule has 4 unspecified atom stereocenters. The summed E-state index contributed by atoms with van der Waals surface area (Å²) in [6.45, 7) is 5.92. The summed E-state index contributed by atoms with van der Waals surface area (Å²) in [5, 5.41) is 24.7. The van der Waals surface area contributed by atoms with Crippen molar-refractivity contribution in [2.75, 3.05) is 13.1 Å². The second-order valence-electron chi connectivity index (χ2n) is 9.66. The third-order valence-electron chi connectivity index (χ3n) is 7.91. The predicted octanol–water partition coefficient (Wildman–Crippen LogP) is 2.17. The van der Waals surface area contributed by atoms with Crippen LogP contribution >= 0.6 is 0 Å². The molecule has 3 amide bonds. The summed E-state index contributed by atoms with van der Waals surface area (Å²) in [5.41, 5.74) is 5.37. The lowest BCUT2D eigenvalue weighted by atomic mass is 9.51. The minimum atomic E-state index is -1.03. The van der Waals surface area contributed by atoms with Crippen LogP contribution in [0.1, 0.15) is 56.6 Å². The number of nitrogens with one attached hydrogen (secondary N) is 1. The first-order valence-corrected chi connectivity index (χ1v) is 11.0. The van der Waals surface area contributed by atoms with Crippen molar-refractivity contribution in [1.82, 2.24) is 10.2 Å². The van der Waals surface area contributed by atoms with Crippen molar-refractivity contribution in [2.24, 2.45) is 17.6 Å². The molecule has 0 aromatic heterocycles. The highest BCUT2D eigenvalue weighted by molar-refractivity contribution is 5.94. The van der Waals surface area contributed by atoms with Crippen LogP contribution in [0.25, 0.3) is 0 Å². The number of phenols is 1. The summed E-state index contributed by atoms with van der Waals surface area (Å²) < 4.78 is 0. The van der Waals surface area contributed by atoms with Crippen LogP contribution in [0.4, 0.5) is 4.79 Å². The van der Waals surface area contributed by atoms with Crippen LogP contribution in [-0.4, -0.2) is 51.8 Å². The Morgan fingerprint density at radius 1 is 1.27 bits per heavy atom. The number of urea groups is 1. The van der Waals surface area contributed by atoms with Crippen LogP contribution in [0.3, 0.4) is 0 Å². The molecule has 4 atom stereocenters. The minimum Gasteiger partial charge on any atom is -0.508 e. The number of carbonyl (C=O) groups excluding carboxylic acids is 2. The number of hydrogen-bond donors (Lipinski definition) is 4. The van der Waals surface area contributed by atoms with E-state index in [0.29, 0.717) is 25.7 Å². The molecule has 4 rings (SSSR count). The Hall–Kier alpha value is -2.12. The molecule has 1 aliphatic heterocycles. The molecule has 0 bridgehead atoms. The van der Waals surface area contributed by atoms with E-state index in [-0.39, 0.29) is 17.7 Å². The van der Waals surface area contributed by atoms with Crippen molar-refractivity contribution in [3.05, 3.63) is 29.3 Å². The Labute approximate surface area is 177 Å². The van der Waals surface area contributed by atoms with Gasteiger partial charge in [-0.3, -0.25) is 15.0 Å². The van der Waals surface area contributed by atoms with Gasteiger partial charge >= 0.3 is 6.03 Å². The second-order valence-corrected chi connectivity index (χ2v) is 9.66. The highest BCUT2D eigenvalue weighted by atomic mass is 16.3. The first-order chi connectivity index (χ1) is 14.2. The van der Waals surface area contributed by atoms with Crippen molar-refractivity contribution in [1.29, 1.82) is 0 Å². The maximum atomic E-state index is 12.7. The molecular formula is C23H33N3O4. The molecule has 3 fully saturated rings. The quantitative estimate of drug-likeness (QED) is 0.601. The van der Waals surface area contributed by atoms with E-state index in [1.54, 1.807) is 12.1 Å². The maximum Gasteiger partial charge on any atom is 0.318 e. The Bertz CT molecular complexity index is 855. The molecule has 1 aromatic rings. The fourth-order valence-electron chi connectivity index (χ4n) is 6.02. The number of aliphatic hydroxyl groups is 1. The van der Waals surface area contributed by atoms with Gasteiger partial charge in [0.2, 0.25) is 5.91 Å². The Morgan fingerprint density at radius 2 is 2.00 bits per heavy atom. The first kappa shape index (κ1) is 21.1. The van der Waals surface area contributed by atoms with Crippen molar-refractivity contribution in [3.8, 4) is 5.75 Å². The number of phenolic OH excluding ortho intramolecular Hbond substituents is 1. The van der Waals surface area contributed by atoms with Gasteiger partial charge in [0.05, 0.1) is 5.60 Å². The molecule has 1 saturated heterocycles. The zero-order chi connectivity index (χ0) is 21.7. The SMILES string of the molecule is Cc1ccc(O)cc1C12CCN(CC3CC3)C(C)C1(O)CCC(C(=O)NC(N)=O)C2. The van der Waals surface area contributed by atoms with Crippen molar-refractivity contribution in [3.63, 3.8) is 0 Å². The molecule has 30 heavy (non-hydrogen) atoms. The molecule has 7 nitrogen and oxygen atoms in total. The molecule has 0 spiro atoms. The van der Waals surface area contributed by atoms with Gasteiger partial charge in [-0.15, -0.1) is 0 Å². The van der Waals surface area contributed by atoms with E-state index in [4.69, 9.17) is 5.73 Å². The van der Waals surface area contributed by atoms with Gasteiger partial charge in [0.15, 0.2) is 0 Å². The number of nitrogens with zero attached hydrogens (tertiary/aromatic N) is 1. The Morgan fingerprint density at radius 3 is 2.67 bits per heavy atom. The normalized spacial score (nSPS) is 34.2. The van der Waals surface area contributed by atoms with Gasteiger partial charge in [-0.1, -0.05) is 6.07 Å². The maximum absolute atomic E-state index is 12.7. The van der Waals surface area contributed by atoms with Crippen LogP contribution < -0.4 is 11.1 Å². The first-order valence-electron chi connectivity index (χ1n) is 11.0. The van der Waals surface area contributed by atoms with E-state index in [9.17, 15) is 19.8 Å². The van der Waals surface area contributed by atoms with Crippen LogP contribution in [0.15, 0.2) is 18.2 Å². The predicted molar refractivity (Wildman–Crippen MR) is 113 cm³/mol. The number of benzene rings is 1. The van der Waals surface area contributed by atoms with Crippen LogP contribution in [0.5, 0.6) is 5.75 Å². The van der Waals surface area contributed by atoms with Crippen LogP contribution in [0, 0.1) is 18.8 Å². The lowest BCUT2D eigenvalue weighted by Crippen LogP contribution is -2.70. The van der Waals surface area contributed by atoms with Crippen molar-refractivity contribution < 1.29 is 19.8 Å². The van der Waals surface area contributed by atoms with Gasteiger partial charge in [0.25, 0.3) is 0 Å². The number of primary amides is 1. The number of rotatable bonds is 4. The van der Waals surface area contributed by atoms with Gasteiger partial charge in [-0.05, 0) is 88.1 Å². The molecule has 1 aromatic carbocycles. The van der Waals surface area contributed by atoms with Crippen LogP contribution in [-0.2, 0) is 10.2 Å². The van der Waals surface area contributed by atoms with E-state index in [1.807, 2.05) is 13.0 Å². The zero-order valence-corrected chi connectivity index (χ0v) is 17.9. The number of imide groups is 1. The number of amides is 3. The lowest BCUT2D eigenvalue weighted by molar-refractivity contribution is -0.167. The number of aromatic hydroxyl groups is 1. The lowest BCUT2D eigenvalue weighted by Gasteiger charge is -2.61. The van der Waals surface area contributed by atoms with Gasteiger partial charge in [0.1, 0.15) is 5.75 Å². The third kappa shape index (κ3) is 3.48.